The maximum Gasteiger partial charge on any atom is 0.315 e. The van der Waals surface area contributed by atoms with Crippen molar-refractivity contribution < 1.29 is 24.3 Å². The Hall–Kier alpha value is -4.53. The van der Waals surface area contributed by atoms with Crippen molar-refractivity contribution in [3.8, 4) is 17.2 Å². The number of nitrogens with zero attached hydrogens (tertiary/aromatic N) is 1. The number of allylic oxidation sites excluding steroid dienone is 1. The van der Waals surface area contributed by atoms with Gasteiger partial charge in [0.15, 0.2) is 11.5 Å². The number of hydrogen-bond donors (Lipinski definition) is 3. The smallest absolute Gasteiger partial charge is 0.315 e. The summed E-state index contributed by atoms with van der Waals surface area (Å²) in [5.41, 5.74) is 3.82. The molecule has 0 spiro atoms. The molecule has 5 rings (SSSR count). The number of nitro benzene ring substituents is 1. The highest BCUT2D eigenvalue weighted by Gasteiger charge is 2.37. The van der Waals surface area contributed by atoms with Crippen LogP contribution in [-0.2, 0) is 4.79 Å². The number of rotatable bonds is 6. The summed E-state index contributed by atoms with van der Waals surface area (Å²) in [6.45, 7) is 2.51. The Morgan fingerprint density at radius 3 is 2.46 bits per heavy atom. The van der Waals surface area contributed by atoms with Crippen LogP contribution in [0.5, 0.6) is 17.2 Å². The number of Topliss-reactive ketones (excluding diaryl/α,β-unsaturated/α-hetero) is 1. The van der Waals surface area contributed by atoms with Gasteiger partial charge in [0.05, 0.1) is 36.1 Å². The van der Waals surface area contributed by atoms with Gasteiger partial charge in [-0.25, -0.2) is 0 Å². The summed E-state index contributed by atoms with van der Waals surface area (Å²) in [5.74, 6) is 0.0934. The summed E-state index contributed by atoms with van der Waals surface area (Å²) in [6, 6.07) is 17.5. The fraction of sp³-hybridized carbons (Fsp3) is 0.250. The number of anilines is 2. The predicted octanol–water partition coefficient (Wildman–Crippen LogP) is 5.69. The third kappa shape index (κ3) is 4.55. The molecular formula is C28H27N3O6. The molecule has 37 heavy (non-hydrogen) atoms. The molecule has 9 nitrogen and oxygen atoms in total. The van der Waals surface area contributed by atoms with Crippen molar-refractivity contribution in [3.05, 3.63) is 93.2 Å². The van der Waals surface area contributed by atoms with Crippen molar-refractivity contribution in [2.45, 2.75) is 31.7 Å². The highest BCUT2D eigenvalue weighted by Crippen LogP contribution is 2.47. The van der Waals surface area contributed by atoms with E-state index in [1.807, 2.05) is 55.5 Å². The number of aromatic hydroxyl groups is 1. The molecule has 0 radical (unpaired) electrons. The topological polar surface area (TPSA) is 123 Å². The van der Waals surface area contributed by atoms with Gasteiger partial charge in [0, 0.05) is 23.8 Å². The van der Waals surface area contributed by atoms with E-state index in [0.29, 0.717) is 30.6 Å². The molecule has 0 bridgehead atoms. The van der Waals surface area contributed by atoms with Crippen LogP contribution in [0.3, 0.4) is 0 Å². The molecule has 0 saturated heterocycles. The zero-order valence-electron chi connectivity index (χ0n) is 20.5. The molecule has 2 unspecified atom stereocenters. The van der Waals surface area contributed by atoms with Gasteiger partial charge in [0.2, 0.25) is 5.75 Å². The highest BCUT2D eigenvalue weighted by molar-refractivity contribution is 6.01. The van der Waals surface area contributed by atoms with Crippen LogP contribution in [0.4, 0.5) is 17.1 Å². The van der Waals surface area contributed by atoms with E-state index in [1.54, 1.807) is 0 Å². The number of ether oxygens (including phenoxy) is 2. The Morgan fingerprint density at radius 2 is 1.78 bits per heavy atom. The van der Waals surface area contributed by atoms with Gasteiger partial charge in [0.25, 0.3) is 0 Å². The maximum absolute atomic E-state index is 13.7. The lowest BCUT2D eigenvalue weighted by atomic mass is 9.78. The first-order chi connectivity index (χ1) is 17.9. The molecular weight excluding hydrogens is 474 g/mol. The molecule has 3 N–H and O–H groups in total. The van der Waals surface area contributed by atoms with Gasteiger partial charge >= 0.3 is 5.69 Å². The lowest BCUT2D eigenvalue weighted by Gasteiger charge is -2.30. The maximum atomic E-state index is 13.7. The number of nitrogens with one attached hydrogen (secondary N) is 2. The molecule has 0 saturated carbocycles. The summed E-state index contributed by atoms with van der Waals surface area (Å²) < 4.78 is 10.8. The van der Waals surface area contributed by atoms with Gasteiger partial charge in [-0.1, -0.05) is 24.3 Å². The van der Waals surface area contributed by atoms with Crippen molar-refractivity contribution in [2.75, 3.05) is 24.4 Å². The number of benzene rings is 3. The van der Waals surface area contributed by atoms with Crippen molar-refractivity contribution in [1.29, 1.82) is 0 Å². The molecule has 9 heteroatoms. The van der Waals surface area contributed by atoms with E-state index in [9.17, 15) is 20.0 Å². The average molecular weight is 502 g/mol. The molecule has 1 heterocycles. The summed E-state index contributed by atoms with van der Waals surface area (Å²) in [5, 5.41) is 28.8. The Balaban J connectivity index is 1.61. The summed E-state index contributed by atoms with van der Waals surface area (Å²) in [4.78, 5) is 24.7. The predicted molar refractivity (Wildman–Crippen MR) is 139 cm³/mol. The fourth-order valence-electron chi connectivity index (χ4n) is 5.06. The van der Waals surface area contributed by atoms with Crippen LogP contribution >= 0.6 is 0 Å². The monoisotopic (exact) mass is 501 g/mol. The first kappa shape index (κ1) is 24.2. The zero-order valence-corrected chi connectivity index (χ0v) is 20.5. The number of nitro groups is 1. The van der Waals surface area contributed by atoms with Gasteiger partial charge in [-0.3, -0.25) is 14.9 Å². The van der Waals surface area contributed by atoms with Crippen LogP contribution in [0.1, 0.15) is 42.9 Å². The van der Waals surface area contributed by atoms with E-state index in [0.717, 1.165) is 28.4 Å². The number of ketones is 1. The van der Waals surface area contributed by atoms with E-state index in [1.165, 1.54) is 19.2 Å². The number of hydrogen-bond acceptors (Lipinski definition) is 8. The van der Waals surface area contributed by atoms with Gasteiger partial charge in [-0.2, -0.15) is 0 Å². The fourth-order valence-corrected chi connectivity index (χ4v) is 5.06. The van der Waals surface area contributed by atoms with Crippen molar-refractivity contribution >= 4 is 22.8 Å². The normalized spacial score (nSPS) is 18.6. The number of para-hydroxylation sites is 2. The van der Waals surface area contributed by atoms with Gasteiger partial charge in [0.1, 0.15) is 5.75 Å². The minimum absolute atomic E-state index is 0.0332. The lowest BCUT2D eigenvalue weighted by Crippen LogP contribution is -2.27. The quantitative estimate of drug-likeness (QED) is 0.291. The number of methoxy groups -OCH3 is 1. The lowest BCUT2D eigenvalue weighted by molar-refractivity contribution is -0.386. The second kappa shape index (κ2) is 9.85. The molecule has 0 aromatic heterocycles. The molecule has 1 aliphatic heterocycles. The Kier molecular flexibility index (Phi) is 6.43. The van der Waals surface area contributed by atoms with E-state index in [2.05, 4.69) is 10.6 Å². The molecule has 3 aromatic carbocycles. The Labute approximate surface area is 213 Å². The van der Waals surface area contributed by atoms with Crippen LogP contribution in [0.25, 0.3) is 0 Å². The van der Waals surface area contributed by atoms with Gasteiger partial charge < -0.3 is 25.2 Å². The summed E-state index contributed by atoms with van der Waals surface area (Å²) >= 11 is 0. The Bertz CT molecular complexity index is 1400. The summed E-state index contributed by atoms with van der Waals surface area (Å²) in [7, 11) is 1.33. The molecule has 1 aliphatic carbocycles. The minimum Gasteiger partial charge on any atom is -0.500 e. The number of fused-ring (bicyclic) bond motifs is 1. The molecule has 0 amide bonds. The number of carbonyl (C=O) groups is 1. The number of phenols is 1. The molecule has 2 aliphatic rings. The molecule has 2 atom stereocenters. The third-order valence-corrected chi connectivity index (χ3v) is 6.80. The van der Waals surface area contributed by atoms with E-state index in [4.69, 9.17) is 9.47 Å². The molecule has 0 fully saturated rings. The first-order valence-electron chi connectivity index (χ1n) is 12.1. The van der Waals surface area contributed by atoms with Crippen molar-refractivity contribution in [3.63, 3.8) is 0 Å². The minimum atomic E-state index is -0.687. The second-order valence-corrected chi connectivity index (χ2v) is 9.02. The molecule has 190 valence electrons. The van der Waals surface area contributed by atoms with Crippen LogP contribution in [0.2, 0.25) is 0 Å². The Morgan fingerprint density at radius 1 is 1.05 bits per heavy atom. The standard InChI is InChI=1S/C28H27N3O6/c1-3-37-19-10-8-16(9-11-19)17-12-22-26(24(32)14-17)27(30-21-7-5-4-6-20(21)29-22)18-13-23(31(34)35)28(33)25(15-18)36-2/h4-11,13,15,17,27,29-30,33H,3,12,14H2,1-2H3. The van der Waals surface area contributed by atoms with Gasteiger partial charge in [-0.15, -0.1) is 0 Å². The van der Waals surface area contributed by atoms with Crippen molar-refractivity contribution in [2.24, 2.45) is 0 Å². The van der Waals surface area contributed by atoms with Crippen LogP contribution < -0.4 is 20.1 Å². The van der Waals surface area contributed by atoms with E-state index >= 15 is 0 Å². The van der Waals surface area contributed by atoms with Crippen molar-refractivity contribution in [1.82, 2.24) is 0 Å². The van der Waals surface area contributed by atoms with Crippen LogP contribution in [0.15, 0.2) is 71.9 Å². The molecule has 3 aromatic rings. The number of carbonyl (C=O) groups excluding carboxylic acids is 1. The zero-order chi connectivity index (χ0) is 26.1. The third-order valence-electron chi connectivity index (χ3n) is 6.80. The largest absolute Gasteiger partial charge is 0.500 e. The van der Waals surface area contributed by atoms with Gasteiger partial charge in [-0.05, 0) is 60.7 Å². The average Bonchev–Trinajstić information content (AvgIpc) is 3.06. The van der Waals surface area contributed by atoms with E-state index in [-0.39, 0.29) is 17.5 Å². The van der Waals surface area contributed by atoms with E-state index < -0.39 is 22.4 Å². The van der Waals surface area contributed by atoms with Crippen LogP contribution in [-0.4, -0.2) is 29.5 Å². The SMILES string of the molecule is CCOc1ccc(C2CC(=O)C3=C(C2)Nc2ccccc2NC3c2cc(OC)c(O)c([N+](=O)[O-])c2)cc1. The number of phenolic OH excluding ortho intramolecular Hbond substituents is 1. The van der Waals surface area contributed by atoms with Crippen LogP contribution in [0, 0.1) is 10.1 Å². The second-order valence-electron chi connectivity index (χ2n) is 9.02. The first-order valence-corrected chi connectivity index (χ1v) is 12.1. The highest BCUT2D eigenvalue weighted by atomic mass is 16.6. The summed E-state index contributed by atoms with van der Waals surface area (Å²) in [6.07, 6.45) is 0.874.